The van der Waals surface area contributed by atoms with Gasteiger partial charge in [0.05, 0.1) is 16.8 Å². The number of piperazine rings is 1. The summed E-state index contributed by atoms with van der Waals surface area (Å²) in [5.74, 6) is -0.759. The van der Waals surface area contributed by atoms with Crippen LogP contribution in [-0.2, 0) is 22.8 Å². The zero-order valence-electron chi connectivity index (χ0n) is 22.3. The molecule has 2 aromatic heterocycles. The highest BCUT2D eigenvalue weighted by atomic mass is 19.4. The van der Waals surface area contributed by atoms with E-state index in [4.69, 9.17) is 4.74 Å². The van der Waals surface area contributed by atoms with Crippen LogP contribution < -0.4 is 10.2 Å². The predicted octanol–water partition coefficient (Wildman–Crippen LogP) is 5.51. The first-order valence-corrected chi connectivity index (χ1v) is 12.6. The van der Waals surface area contributed by atoms with Gasteiger partial charge < -0.3 is 24.5 Å². The van der Waals surface area contributed by atoms with Crippen LogP contribution in [0.1, 0.15) is 36.7 Å². The minimum atomic E-state index is -4.49. The minimum absolute atomic E-state index is 0.124. The molecule has 1 saturated heterocycles. The largest absolute Gasteiger partial charge is 0.444 e. The third kappa shape index (κ3) is 5.21. The molecule has 9 nitrogen and oxygen atoms in total. The first kappa shape index (κ1) is 27.1. The molecule has 1 aliphatic rings. The molecule has 0 unspecified atom stereocenters. The number of hydrogen-bond donors (Lipinski definition) is 2. The Morgan fingerprint density at radius 1 is 1.02 bits per heavy atom. The molecule has 0 radical (unpaired) electrons. The topological polar surface area (TPSA) is 99.7 Å². The summed E-state index contributed by atoms with van der Waals surface area (Å²) in [6.07, 6.45) is -1.94. The van der Waals surface area contributed by atoms with E-state index in [1.807, 2.05) is 0 Å². The zero-order valence-corrected chi connectivity index (χ0v) is 22.3. The average Bonchev–Trinajstić information content (AvgIpc) is 3.42. The van der Waals surface area contributed by atoms with Crippen LogP contribution in [0.15, 0.2) is 48.8 Å². The van der Waals surface area contributed by atoms with Gasteiger partial charge in [0.1, 0.15) is 12.1 Å². The van der Waals surface area contributed by atoms with Crippen LogP contribution in [0.2, 0.25) is 0 Å². The van der Waals surface area contributed by atoms with Crippen molar-refractivity contribution < 1.29 is 32.3 Å². The van der Waals surface area contributed by atoms with Crippen LogP contribution >= 0.6 is 0 Å². The number of nitrogens with one attached hydrogen (secondary N) is 2. The van der Waals surface area contributed by atoms with Gasteiger partial charge in [-0.15, -0.1) is 0 Å². The lowest BCUT2D eigenvalue weighted by Crippen LogP contribution is -2.53. The fourth-order valence-electron chi connectivity index (χ4n) is 4.74. The van der Waals surface area contributed by atoms with E-state index in [9.17, 15) is 27.6 Å². The van der Waals surface area contributed by atoms with E-state index in [0.717, 1.165) is 12.1 Å². The van der Waals surface area contributed by atoms with Crippen LogP contribution in [0.5, 0.6) is 0 Å². The maximum atomic E-state index is 13.2. The zero-order chi connectivity index (χ0) is 29.0. The van der Waals surface area contributed by atoms with E-state index in [-0.39, 0.29) is 30.1 Å². The molecule has 210 valence electrons. The number of fused-ring (bicyclic) bond motifs is 2. The maximum Gasteiger partial charge on any atom is 0.416 e. The Kier molecular flexibility index (Phi) is 6.51. The van der Waals surface area contributed by atoms with Gasteiger partial charge in [-0.25, -0.2) is 4.79 Å². The van der Waals surface area contributed by atoms with Gasteiger partial charge in [0, 0.05) is 60.0 Å². The number of hydrogen-bond acceptors (Lipinski definition) is 4. The predicted molar refractivity (Wildman–Crippen MR) is 144 cm³/mol. The number of rotatable bonds is 3. The Labute approximate surface area is 227 Å². The van der Waals surface area contributed by atoms with Crippen LogP contribution in [0.3, 0.4) is 0 Å². The summed E-state index contributed by atoms with van der Waals surface area (Å²) in [6.45, 7) is 5.72. The molecule has 2 aromatic carbocycles. The monoisotopic (exact) mass is 555 g/mol. The lowest BCUT2D eigenvalue weighted by Gasteiger charge is -2.35. The highest BCUT2D eigenvalue weighted by molar-refractivity contribution is 6.15. The lowest BCUT2D eigenvalue weighted by molar-refractivity contribution is -0.137. The standard InChI is InChI=1S/C28H28F3N5O4/c1-27(2,3)40-26(39)35-9-10-36(24(37)15-35)17-6-8-21-19(12-17)22(13-32-21)33-25(38)20-14-34(4)23-11-16(28(29,30)31)5-7-18(20)23/h5-8,11-14,32H,9-10,15H2,1-4H3,(H,33,38). The summed E-state index contributed by atoms with van der Waals surface area (Å²) in [4.78, 5) is 44.6. The van der Waals surface area contributed by atoms with E-state index in [1.54, 1.807) is 57.1 Å². The van der Waals surface area contributed by atoms with Gasteiger partial charge >= 0.3 is 12.3 Å². The third-order valence-corrected chi connectivity index (χ3v) is 6.66. The number of carbonyl (C=O) groups excluding carboxylic acids is 3. The van der Waals surface area contributed by atoms with Gasteiger partial charge in [-0.05, 0) is 51.1 Å². The molecule has 1 fully saturated rings. The van der Waals surface area contributed by atoms with Crippen LogP contribution in [-0.4, -0.2) is 57.6 Å². The number of nitrogens with zero attached hydrogens (tertiary/aromatic N) is 3. The molecule has 2 N–H and O–H groups in total. The van der Waals surface area contributed by atoms with Gasteiger partial charge in [0.15, 0.2) is 0 Å². The van der Waals surface area contributed by atoms with Crippen molar-refractivity contribution in [2.24, 2.45) is 7.05 Å². The summed E-state index contributed by atoms with van der Waals surface area (Å²) in [5, 5.41) is 3.87. The SMILES string of the molecule is Cn1cc(C(=O)Nc2c[nH]c3ccc(N4CCN(C(=O)OC(C)(C)C)CC4=O)cc23)c2ccc(C(F)(F)F)cc21. The Morgan fingerprint density at radius 2 is 1.77 bits per heavy atom. The van der Waals surface area contributed by atoms with Gasteiger partial charge in [-0.2, -0.15) is 13.2 Å². The number of H-pyrrole nitrogens is 1. The Hall–Kier alpha value is -4.48. The van der Waals surface area contributed by atoms with Gasteiger partial charge in [-0.3, -0.25) is 14.5 Å². The normalized spacial score (nSPS) is 14.7. The number of aryl methyl sites for hydroxylation is 1. The van der Waals surface area contributed by atoms with Crippen LogP contribution in [0, 0.1) is 0 Å². The second-order valence-electron chi connectivity index (χ2n) is 10.7. The minimum Gasteiger partial charge on any atom is -0.444 e. The third-order valence-electron chi connectivity index (χ3n) is 6.66. The van der Waals surface area contributed by atoms with Crippen LogP contribution in [0.4, 0.5) is 29.3 Å². The van der Waals surface area contributed by atoms with E-state index < -0.39 is 29.3 Å². The smallest absolute Gasteiger partial charge is 0.416 e. The number of benzene rings is 2. The molecule has 0 atom stereocenters. The van der Waals surface area contributed by atoms with E-state index in [2.05, 4.69) is 10.3 Å². The Bertz CT molecular complexity index is 1650. The lowest BCUT2D eigenvalue weighted by atomic mass is 10.1. The van der Waals surface area contributed by atoms with Crippen molar-refractivity contribution >= 4 is 51.1 Å². The number of alkyl halides is 3. The number of anilines is 2. The van der Waals surface area contributed by atoms with Gasteiger partial charge in [0.25, 0.3) is 5.91 Å². The quantitative estimate of drug-likeness (QED) is 0.348. The van der Waals surface area contributed by atoms with E-state index >= 15 is 0 Å². The van der Waals surface area contributed by atoms with E-state index in [1.165, 1.54) is 21.7 Å². The van der Waals surface area contributed by atoms with Crippen molar-refractivity contribution in [3.05, 3.63) is 59.9 Å². The van der Waals surface area contributed by atoms with Gasteiger partial charge in [0.2, 0.25) is 5.91 Å². The van der Waals surface area contributed by atoms with E-state index in [0.29, 0.717) is 34.2 Å². The molecule has 0 aliphatic carbocycles. The summed E-state index contributed by atoms with van der Waals surface area (Å²) in [5.41, 5.74) is 0.808. The molecule has 4 aromatic rings. The average molecular weight is 556 g/mol. The molecule has 5 rings (SSSR count). The highest BCUT2D eigenvalue weighted by Gasteiger charge is 2.32. The maximum absolute atomic E-state index is 13.2. The number of aromatic nitrogens is 2. The Morgan fingerprint density at radius 3 is 2.45 bits per heavy atom. The molecule has 0 spiro atoms. The summed E-state index contributed by atoms with van der Waals surface area (Å²) in [7, 11) is 1.58. The molecule has 12 heteroatoms. The summed E-state index contributed by atoms with van der Waals surface area (Å²) < 4.78 is 46.4. The van der Waals surface area contributed by atoms with Crippen molar-refractivity contribution in [1.82, 2.24) is 14.5 Å². The second-order valence-corrected chi connectivity index (χ2v) is 10.7. The second kappa shape index (κ2) is 9.61. The molecule has 40 heavy (non-hydrogen) atoms. The molecular formula is C28H28F3N5O4. The molecule has 1 aliphatic heterocycles. The number of carbonyl (C=O) groups is 3. The first-order valence-electron chi connectivity index (χ1n) is 12.6. The number of aromatic amines is 1. The molecular weight excluding hydrogens is 527 g/mol. The van der Waals surface area contributed by atoms with Crippen molar-refractivity contribution in [3.63, 3.8) is 0 Å². The summed E-state index contributed by atoms with van der Waals surface area (Å²) in [6, 6.07) is 8.59. The van der Waals surface area contributed by atoms with Crippen molar-refractivity contribution in [2.75, 3.05) is 29.9 Å². The number of amides is 3. The molecule has 0 saturated carbocycles. The highest BCUT2D eigenvalue weighted by Crippen LogP contribution is 2.34. The first-order chi connectivity index (χ1) is 18.7. The fraction of sp³-hybridized carbons (Fsp3) is 0.321. The summed E-state index contributed by atoms with van der Waals surface area (Å²) >= 11 is 0. The molecule has 0 bridgehead atoms. The van der Waals surface area contributed by atoms with Gasteiger partial charge in [-0.1, -0.05) is 6.07 Å². The fourth-order valence-corrected chi connectivity index (χ4v) is 4.74. The number of ether oxygens (including phenoxy) is 1. The van der Waals surface area contributed by atoms with Crippen LogP contribution in [0.25, 0.3) is 21.8 Å². The Balaban J connectivity index is 1.36. The van der Waals surface area contributed by atoms with Crippen molar-refractivity contribution in [1.29, 1.82) is 0 Å². The molecule has 3 heterocycles. The molecule has 3 amide bonds. The number of halogens is 3. The van der Waals surface area contributed by atoms with Crippen molar-refractivity contribution in [2.45, 2.75) is 32.5 Å². The van der Waals surface area contributed by atoms with Crippen molar-refractivity contribution in [3.8, 4) is 0 Å².